The van der Waals surface area contributed by atoms with Gasteiger partial charge in [-0.3, -0.25) is 0 Å². The molecule has 0 amide bonds. The average Bonchev–Trinajstić information content (AvgIpc) is 2.21. The van der Waals surface area contributed by atoms with E-state index >= 15 is 0 Å². The molecule has 0 radical (unpaired) electrons. The van der Waals surface area contributed by atoms with Crippen molar-refractivity contribution < 1.29 is 12.9 Å². The van der Waals surface area contributed by atoms with Gasteiger partial charge in [-0.05, 0) is 83.1 Å². The van der Waals surface area contributed by atoms with Crippen molar-refractivity contribution in [3.63, 3.8) is 0 Å². The van der Waals surface area contributed by atoms with Crippen molar-refractivity contribution in [1.29, 1.82) is 0 Å². The summed E-state index contributed by atoms with van der Waals surface area (Å²) in [6.45, 7) is 29.6. The molecule has 0 nitrogen and oxygen atoms in total. The van der Waals surface area contributed by atoms with Gasteiger partial charge in [0.2, 0.25) is 0 Å². The molecule has 0 aliphatic heterocycles. The van der Waals surface area contributed by atoms with Crippen molar-refractivity contribution in [3.8, 4) is 0 Å². The van der Waals surface area contributed by atoms with Gasteiger partial charge < -0.3 is 0 Å². The normalized spacial score (nSPS) is 14.2. The van der Waals surface area contributed by atoms with E-state index in [-0.39, 0.29) is 15.8 Å². The summed E-state index contributed by atoms with van der Waals surface area (Å²) in [5.74, 6) is 0. The molecule has 0 aromatic heterocycles. The second kappa shape index (κ2) is 11.1. The van der Waals surface area contributed by atoms with E-state index in [4.69, 9.17) is 20.3 Å². The summed E-state index contributed by atoms with van der Waals surface area (Å²) in [5, 5.41) is 2.05. The molecule has 0 aromatic rings. The van der Waals surface area contributed by atoms with Crippen LogP contribution in [0.4, 0.5) is 0 Å². The number of hydrogen-bond donors (Lipinski definition) is 0. The molecule has 24 heavy (non-hydrogen) atoms. The molecule has 0 aliphatic rings. The summed E-state index contributed by atoms with van der Waals surface area (Å²) in [6, 6.07) is 0. The van der Waals surface area contributed by atoms with Crippen LogP contribution in [0.1, 0.15) is 89.5 Å². The van der Waals surface area contributed by atoms with E-state index in [1.165, 1.54) is 18.7 Å². The molecule has 0 unspecified atom stereocenters. The van der Waals surface area contributed by atoms with Gasteiger partial charge >= 0.3 is 33.2 Å². The summed E-state index contributed by atoms with van der Waals surface area (Å²) in [4.78, 5) is 0. The first-order chi connectivity index (χ1) is 10.4. The van der Waals surface area contributed by atoms with Crippen LogP contribution in [0.15, 0.2) is 0 Å². The van der Waals surface area contributed by atoms with Crippen LogP contribution in [0, 0.1) is 0 Å². The van der Waals surface area contributed by atoms with E-state index in [1.54, 1.807) is 0 Å². The van der Waals surface area contributed by atoms with E-state index < -0.39 is 0 Å². The van der Waals surface area contributed by atoms with Crippen LogP contribution in [-0.4, -0.2) is 32.9 Å². The SMILES string of the molecule is CC(C)(C)[PH+](CCC[PH+](C(C)(C)C)C(C)(C)C)C(C)(C)C.[Cl][Co][Cl]. The van der Waals surface area contributed by atoms with Crippen molar-refractivity contribution in [2.75, 3.05) is 12.3 Å². The van der Waals surface area contributed by atoms with Gasteiger partial charge in [0.15, 0.2) is 0 Å². The first kappa shape index (κ1) is 28.2. The number of rotatable bonds is 4. The molecule has 0 atom stereocenters. The van der Waals surface area contributed by atoms with Gasteiger partial charge in [0.05, 0.1) is 32.9 Å². The van der Waals surface area contributed by atoms with Crippen LogP contribution >= 0.6 is 36.1 Å². The van der Waals surface area contributed by atoms with Gasteiger partial charge in [-0.2, -0.15) is 0 Å². The van der Waals surface area contributed by atoms with E-state index in [0.717, 1.165) is 0 Å². The Kier molecular flexibility index (Phi) is 13.0. The first-order valence-corrected chi connectivity index (χ1v) is 15.2. The van der Waals surface area contributed by atoms with Crippen molar-refractivity contribution >= 4 is 36.1 Å². The van der Waals surface area contributed by atoms with Gasteiger partial charge in [-0.25, -0.2) is 0 Å². The molecule has 5 heteroatoms. The zero-order valence-corrected chi connectivity index (χ0v) is 22.8. The van der Waals surface area contributed by atoms with Gasteiger partial charge in [0.25, 0.3) is 0 Å². The van der Waals surface area contributed by atoms with Gasteiger partial charge in [0, 0.05) is 22.3 Å². The predicted octanol–water partition coefficient (Wildman–Crippen LogP) is 8.38. The molecule has 0 aliphatic carbocycles. The molecule has 0 rings (SSSR count). The van der Waals surface area contributed by atoms with Crippen molar-refractivity contribution in [3.05, 3.63) is 0 Å². The molecular weight excluding hydrogens is 420 g/mol. The average molecular weight is 464 g/mol. The summed E-state index contributed by atoms with van der Waals surface area (Å²) < 4.78 is 0. The minimum atomic E-state index is -0.345. The molecule has 0 N–H and O–H groups in total. The Bertz CT molecular complexity index is 273. The Balaban J connectivity index is 0. The molecule has 0 bridgehead atoms. The second-order valence-electron chi connectivity index (χ2n) is 10.9. The molecule has 0 saturated heterocycles. The van der Waals surface area contributed by atoms with E-state index in [9.17, 15) is 0 Å². The minimum absolute atomic E-state index is 0.345. The molecule has 151 valence electrons. The standard InChI is InChI=1S/C19H42P2.2ClH.Co/c1-16(2,3)20(17(4,5)6)14-13-15-21(18(7,8)9)19(10,11)12;;;/h13-15H2,1-12H3;2*1H;/q;;;+2. The summed E-state index contributed by atoms with van der Waals surface area (Å²) in [5.41, 5.74) is 0. The topological polar surface area (TPSA) is 0 Å². The molecule has 0 fully saturated rings. The third kappa shape index (κ3) is 12.4. The van der Waals surface area contributed by atoms with Crippen LogP contribution in [0.3, 0.4) is 0 Å². The zero-order chi connectivity index (χ0) is 20.0. The Morgan fingerprint density at radius 2 is 0.708 bits per heavy atom. The summed E-state index contributed by atoms with van der Waals surface area (Å²) >= 11 is 0.382. The third-order valence-corrected chi connectivity index (χ3v) is 13.4. The molecule has 0 aromatic carbocycles. The van der Waals surface area contributed by atoms with Gasteiger partial charge in [-0.15, -0.1) is 0 Å². The van der Waals surface area contributed by atoms with Gasteiger partial charge in [0.1, 0.15) is 0 Å². The fraction of sp³-hybridized carbons (Fsp3) is 1.00. The predicted molar refractivity (Wildman–Crippen MR) is 122 cm³/mol. The molecular formula is C19H44Cl2CoP2+2. The quantitative estimate of drug-likeness (QED) is 0.367. The first-order valence-electron chi connectivity index (χ1n) is 8.96. The van der Waals surface area contributed by atoms with Crippen LogP contribution < -0.4 is 0 Å². The fourth-order valence-electron chi connectivity index (χ4n) is 4.19. The summed E-state index contributed by atoms with van der Waals surface area (Å²) in [6.07, 6.45) is 4.42. The van der Waals surface area contributed by atoms with Gasteiger partial charge in [-0.1, -0.05) is 0 Å². The Morgan fingerprint density at radius 3 is 0.833 bits per heavy atom. The molecule has 0 spiro atoms. The van der Waals surface area contributed by atoms with Crippen LogP contribution in [0.2, 0.25) is 0 Å². The van der Waals surface area contributed by atoms with Crippen LogP contribution in [0.25, 0.3) is 0 Å². The Hall–Kier alpha value is 1.95. The third-order valence-electron chi connectivity index (χ3n) is 4.47. The van der Waals surface area contributed by atoms with Crippen molar-refractivity contribution in [2.45, 2.75) is 110 Å². The fourth-order valence-corrected chi connectivity index (χ4v) is 13.1. The van der Waals surface area contributed by atoms with E-state index in [1.807, 2.05) is 0 Å². The number of halogens is 2. The Morgan fingerprint density at radius 1 is 0.542 bits per heavy atom. The van der Waals surface area contributed by atoms with E-state index in [0.29, 0.717) is 33.5 Å². The maximum atomic E-state index is 4.73. The maximum absolute atomic E-state index is 4.73. The molecule has 0 heterocycles. The monoisotopic (exact) mass is 463 g/mol. The zero-order valence-electron chi connectivity index (χ0n) is 18.2. The Labute approximate surface area is 171 Å². The van der Waals surface area contributed by atoms with Crippen molar-refractivity contribution in [2.24, 2.45) is 0 Å². The second-order valence-corrected chi connectivity index (χ2v) is 21.5. The van der Waals surface area contributed by atoms with Crippen LogP contribution in [0.5, 0.6) is 0 Å². The van der Waals surface area contributed by atoms with E-state index in [2.05, 4.69) is 83.1 Å². The number of hydrogen-bond acceptors (Lipinski definition) is 0. The van der Waals surface area contributed by atoms with Crippen molar-refractivity contribution in [1.82, 2.24) is 0 Å². The summed E-state index contributed by atoms with van der Waals surface area (Å²) in [7, 11) is 8.78. The molecule has 0 saturated carbocycles. The van der Waals surface area contributed by atoms with Crippen LogP contribution in [-0.2, 0) is 12.9 Å².